The lowest BCUT2D eigenvalue weighted by Crippen LogP contribution is -2.38. The molecule has 0 radical (unpaired) electrons. The Bertz CT molecular complexity index is 140. The lowest BCUT2D eigenvalue weighted by molar-refractivity contribution is -0.0216. The number of halogens is 2. The highest BCUT2D eigenvalue weighted by atomic mass is 19.3. The minimum Gasteiger partial charge on any atom is -0.387 e. The number of ether oxygens (including phenoxy) is 1. The molecule has 0 spiro atoms. The lowest BCUT2D eigenvalue weighted by atomic mass is 10.2. The number of aliphatic hydroxyl groups is 1. The predicted octanol–water partition coefficient (Wildman–Crippen LogP) is 0.335. The quantitative estimate of drug-likeness (QED) is 0.702. The summed E-state index contributed by atoms with van der Waals surface area (Å²) >= 11 is 0. The number of alkyl halides is 2. The van der Waals surface area contributed by atoms with Crippen LogP contribution in [0.2, 0.25) is 0 Å². The van der Waals surface area contributed by atoms with Gasteiger partial charge in [0.05, 0.1) is 13.2 Å². The summed E-state index contributed by atoms with van der Waals surface area (Å²) in [6.45, 7) is 3.39. The van der Waals surface area contributed by atoms with Crippen molar-refractivity contribution in [2.75, 3.05) is 32.8 Å². The first-order valence-corrected chi connectivity index (χ1v) is 4.46. The van der Waals surface area contributed by atoms with Gasteiger partial charge in [-0.25, -0.2) is 8.78 Å². The van der Waals surface area contributed by atoms with Gasteiger partial charge in [-0.3, -0.25) is 4.90 Å². The van der Waals surface area contributed by atoms with Crippen molar-refractivity contribution >= 4 is 0 Å². The van der Waals surface area contributed by atoms with Crippen LogP contribution in [0.25, 0.3) is 0 Å². The molecule has 0 aromatic carbocycles. The fraction of sp³-hybridized carbons (Fsp3) is 1.00. The van der Waals surface area contributed by atoms with Gasteiger partial charge in [-0.15, -0.1) is 0 Å². The molecule has 1 aliphatic heterocycles. The molecule has 1 rings (SSSR count). The summed E-state index contributed by atoms with van der Waals surface area (Å²) in [6.07, 6.45) is -3.97. The molecule has 3 nitrogen and oxygen atoms in total. The Morgan fingerprint density at radius 2 is 1.92 bits per heavy atom. The maximum atomic E-state index is 11.9. The molecule has 0 bridgehead atoms. The van der Waals surface area contributed by atoms with Crippen LogP contribution in [0, 0.1) is 0 Å². The van der Waals surface area contributed by atoms with Gasteiger partial charge < -0.3 is 9.84 Å². The second kappa shape index (κ2) is 5.47. The Balaban J connectivity index is 2.10. The van der Waals surface area contributed by atoms with Crippen LogP contribution < -0.4 is 0 Å². The van der Waals surface area contributed by atoms with Crippen LogP contribution in [0.5, 0.6) is 0 Å². The molecule has 13 heavy (non-hydrogen) atoms. The zero-order chi connectivity index (χ0) is 9.68. The van der Waals surface area contributed by atoms with Crippen molar-refractivity contribution in [1.29, 1.82) is 0 Å². The highest BCUT2D eigenvalue weighted by Gasteiger charge is 2.18. The first kappa shape index (κ1) is 10.8. The van der Waals surface area contributed by atoms with Crippen molar-refractivity contribution in [3.63, 3.8) is 0 Å². The molecule has 1 N–H and O–H groups in total. The molecular weight excluding hydrogens is 180 g/mol. The number of nitrogens with zero attached hydrogens (tertiary/aromatic N) is 1. The van der Waals surface area contributed by atoms with E-state index in [2.05, 4.69) is 0 Å². The number of hydrogen-bond acceptors (Lipinski definition) is 3. The highest BCUT2D eigenvalue weighted by molar-refractivity contribution is 4.66. The summed E-state index contributed by atoms with van der Waals surface area (Å²) in [6, 6.07) is 0. The standard InChI is InChI=1S/C8H15F2NO2/c9-8(10)7(12)1-2-11-3-5-13-6-4-11/h7-8,12H,1-6H2. The summed E-state index contributed by atoms with van der Waals surface area (Å²) in [7, 11) is 0. The van der Waals surface area contributed by atoms with Gasteiger partial charge >= 0.3 is 0 Å². The third-order valence-corrected chi connectivity index (χ3v) is 2.14. The lowest BCUT2D eigenvalue weighted by Gasteiger charge is -2.27. The molecule has 1 saturated heterocycles. The second-order valence-electron chi connectivity index (χ2n) is 3.14. The number of hydrogen-bond donors (Lipinski definition) is 1. The summed E-state index contributed by atoms with van der Waals surface area (Å²) in [5.41, 5.74) is 0. The van der Waals surface area contributed by atoms with E-state index in [9.17, 15) is 8.78 Å². The Kier molecular flexibility index (Phi) is 4.55. The average molecular weight is 195 g/mol. The summed E-state index contributed by atoms with van der Waals surface area (Å²) in [4.78, 5) is 2.02. The molecule has 1 aliphatic rings. The van der Waals surface area contributed by atoms with Gasteiger partial charge in [-0.2, -0.15) is 0 Å². The first-order chi connectivity index (χ1) is 6.20. The van der Waals surface area contributed by atoms with Crippen molar-refractivity contribution in [2.45, 2.75) is 19.0 Å². The van der Waals surface area contributed by atoms with Gasteiger partial charge in [0.1, 0.15) is 6.10 Å². The van der Waals surface area contributed by atoms with Crippen LogP contribution in [0.15, 0.2) is 0 Å². The van der Waals surface area contributed by atoms with Crippen LogP contribution >= 0.6 is 0 Å². The molecule has 78 valence electrons. The van der Waals surface area contributed by atoms with Gasteiger partial charge in [0.2, 0.25) is 0 Å². The van der Waals surface area contributed by atoms with Crippen molar-refractivity contribution in [1.82, 2.24) is 4.90 Å². The van der Waals surface area contributed by atoms with Crippen molar-refractivity contribution < 1.29 is 18.6 Å². The van der Waals surface area contributed by atoms with E-state index in [-0.39, 0.29) is 6.42 Å². The minimum absolute atomic E-state index is 0.137. The van der Waals surface area contributed by atoms with Crippen molar-refractivity contribution in [3.05, 3.63) is 0 Å². The fourth-order valence-corrected chi connectivity index (χ4v) is 1.27. The van der Waals surface area contributed by atoms with Gasteiger partial charge in [0, 0.05) is 19.6 Å². The molecule has 0 saturated carbocycles. The molecule has 1 fully saturated rings. The second-order valence-corrected chi connectivity index (χ2v) is 3.14. The predicted molar refractivity (Wildman–Crippen MR) is 43.9 cm³/mol. The monoisotopic (exact) mass is 195 g/mol. The van der Waals surface area contributed by atoms with E-state index >= 15 is 0 Å². The van der Waals surface area contributed by atoms with Gasteiger partial charge in [-0.1, -0.05) is 0 Å². The van der Waals surface area contributed by atoms with E-state index < -0.39 is 12.5 Å². The summed E-state index contributed by atoms with van der Waals surface area (Å²) < 4.78 is 28.9. The molecule has 0 aromatic heterocycles. The highest BCUT2D eigenvalue weighted by Crippen LogP contribution is 2.06. The summed E-state index contributed by atoms with van der Waals surface area (Å²) in [5.74, 6) is 0. The van der Waals surface area contributed by atoms with Crippen LogP contribution in [-0.4, -0.2) is 55.4 Å². The molecule has 0 amide bonds. The Morgan fingerprint density at radius 1 is 1.31 bits per heavy atom. The largest absolute Gasteiger partial charge is 0.387 e. The molecule has 0 aliphatic carbocycles. The SMILES string of the molecule is OC(CCN1CCOCC1)C(F)F. The number of aliphatic hydroxyl groups excluding tert-OH is 1. The van der Waals surface area contributed by atoms with E-state index in [4.69, 9.17) is 9.84 Å². The fourth-order valence-electron chi connectivity index (χ4n) is 1.27. The van der Waals surface area contributed by atoms with Gasteiger partial charge in [0.15, 0.2) is 0 Å². The normalized spacial score (nSPS) is 22.2. The smallest absolute Gasteiger partial charge is 0.264 e. The van der Waals surface area contributed by atoms with E-state index in [1.54, 1.807) is 0 Å². The molecule has 5 heteroatoms. The molecular formula is C8H15F2NO2. The average Bonchev–Trinajstić information content (AvgIpc) is 2.15. The van der Waals surface area contributed by atoms with Crippen LogP contribution in [-0.2, 0) is 4.74 Å². The first-order valence-electron chi connectivity index (χ1n) is 4.46. The van der Waals surface area contributed by atoms with Crippen LogP contribution in [0.1, 0.15) is 6.42 Å². The molecule has 0 aromatic rings. The minimum atomic E-state index is -2.62. The van der Waals surface area contributed by atoms with Crippen LogP contribution in [0.3, 0.4) is 0 Å². The van der Waals surface area contributed by atoms with Crippen molar-refractivity contribution in [2.24, 2.45) is 0 Å². The Labute approximate surface area is 76.3 Å². The third kappa shape index (κ3) is 3.97. The van der Waals surface area contributed by atoms with Crippen LogP contribution in [0.4, 0.5) is 8.78 Å². The van der Waals surface area contributed by atoms with Gasteiger partial charge in [-0.05, 0) is 6.42 Å². The third-order valence-electron chi connectivity index (χ3n) is 2.14. The number of morpholine rings is 1. The number of rotatable bonds is 4. The van der Waals surface area contributed by atoms with E-state index in [0.29, 0.717) is 19.8 Å². The molecule has 1 unspecified atom stereocenters. The maximum Gasteiger partial charge on any atom is 0.264 e. The maximum absolute atomic E-state index is 11.9. The zero-order valence-electron chi connectivity index (χ0n) is 7.46. The Morgan fingerprint density at radius 3 is 2.46 bits per heavy atom. The topological polar surface area (TPSA) is 32.7 Å². The molecule has 1 atom stereocenters. The zero-order valence-corrected chi connectivity index (χ0v) is 7.46. The van der Waals surface area contributed by atoms with Gasteiger partial charge in [0.25, 0.3) is 6.43 Å². The Hall–Kier alpha value is -0.260. The van der Waals surface area contributed by atoms with E-state index in [0.717, 1.165) is 13.1 Å². The van der Waals surface area contributed by atoms with E-state index in [1.165, 1.54) is 0 Å². The van der Waals surface area contributed by atoms with E-state index in [1.807, 2.05) is 4.90 Å². The molecule has 1 heterocycles. The van der Waals surface area contributed by atoms with Crippen molar-refractivity contribution in [3.8, 4) is 0 Å². The summed E-state index contributed by atoms with van der Waals surface area (Å²) in [5, 5.41) is 8.85.